The van der Waals surface area contributed by atoms with Crippen molar-refractivity contribution in [3.63, 3.8) is 0 Å². The molecule has 18 heteroatoms. The number of halogens is 5. The number of alkyl halides is 3. The number of rotatable bonds is 12. The van der Waals surface area contributed by atoms with E-state index >= 15 is 26.7 Å². The molecule has 2 amide bonds. The first-order chi connectivity index (χ1) is 31.8. The van der Waals surface area contributed by atoms with E-state index in [2.05, 4.69) is 15.4 Å². The Morgan fingerprint density at radius 2 is 1.57 bits per heavy atom. The number of aromatic nitrogens is 3. The number of ether oxygens (including phenoxy) is 4. The van der Waals surface area contributed by atoms with Gasteiger partial charge in [-0.1, -0.05) is 24.3 Å². The summed E-state index contributed by atoms with van der Waals surface area (Å²) >= 11 is 0. The van der Waals surface area contributed by atoms with Crippen LogP contribution in [0.4, 0.5) is 38.1 Å². The molecule has 0 unspecified atom stereocenters. The molecule has 2 aromatic heterocycles. The summed E-state index contributed by atoms with van der Waals surface area (Å²) in [6.45, 7) is 10.3. The molecule has 0 spiro atoms. The van der Waals surface area contributed by atoms with Crippen LogP contribution in [0.3, 0.4) is 0 Å². The normalized spacial score (nSPS) is 19.0. The maximum atomic E-state index is 17.9. The third-order valence-corrected chi connectivity index (χ3v) is 12.6. The third kappa shape index (κ3) is 9.26. The molecule has 2 saturated heterocycles. The Labute approximate surface area is 385 Å². The zero-order valence-corrected chi connectivity index (χ0v) is 38.6. The van der Waals surface area contributed by atoms with Gasteiger partial charge in [0.25, 0.3) is 5.91 Å². The van der Waals surface area contributed by atoms with Crippen LogP contribution >= 0.6 is 0 Å². The molecule has 2 fully saturated rings. The zero-order chi connectivity index (χ0) is 48.1. The number of anilines is 2. The molecule has 5 heterocycles. The standard InChI is InChI=1S/C49H54F5N7O6/c1-9-59-21-20-31(57-59)23-55-43-38-45(66-28(3)44-36-19-14-32(26-60(44)46(38)62)61(36)47(63)67-48(4,5)6)56-42(41(43)51)35-22-37(40(50)27(2)39(35)49(52,53)54)58(24-29-10-15-33(64-7)16-11-29)25-30-12-17-34(65-8)18-13-30/h10-13,15-18,20-22,28,32,36,44H,9,14,19,23-26H2,1-8H3,(H,55,56)/t28-,32+,36-,44+/m0/s1. The number of amides is 2. The number of carbonyl (C=O) groups is 2. The first-order valence-electron chi connectivity index (χ1n) is 22.2. The summed E-state index contributed by atoms with van der Waals surface area (Å²) in [5.74, 6) is -2.42. The van der Waals surface area contributed by atoms with E-state index in [0.29, 0.717) is 47.7 Å². The van der Waals surface area contributed by atoms with Crippen molar-refractivity contribution in [2.45, 2.75) is 117 Å². The van der Waals surface area contributed by atoms with Gasteiger partial charge in [0.2, 0.25) is 5.88 Å². The van der Waals surface area contributed by atoms with Crippen LogP contribution in [-0.4, -0.2) is 87.2 Å². The van der Waals surface area contributed by atoms with Crippen molar-refractivity contribution in [2.24, 2.45) is 0 Å². The number of fused-ring (bicyclic) bond motifs is 5. The van der Waals surface area contributed by atoms with E-state index in [1.54, 1.807) is 108 Å². The number of piperazine rings is 1. The third-order valence-electron chi connectivity index (χ3n) is 12.6. The van der Waals surface area contributed by atoms with E-state index in [0.717, 1.165) is 13.0 Å². The Kier molecular flexibility index (Phi) is 12.8. The summed E-state index contributed by atoms with van der Waals surface area (Å²) < 4.78 is 106. The zero-order valence-electron chi connectivity index (χ0n) is 38.6. The van der Waals surface area contributed by atoms with Gasteiger partial charge in [0.1, 0.15) is 40.3 Å². The summed E-state index contributed by atoms with van der Waals surface area (Å²) in [4.78, 5) is 37.9. The number of hydrogen-bond acceptors (Lipinski definition) is 10. The first kappa shape index (κ1) is 46.9. The van der Waals surface area contributed by atoms with Crippen molar-refractivity contribution < 1.29 is 50.5 Å². The lowest BCUT2D eigenvalue weighted by Crippen LogP contribution is -2.65. The highest BCUT2D eigenvalue weighted by atomic mass is 19.4. The molecule has 0 radical (unpaired) electrons. The fourth-order valence-electron chi connectivity index (χ4n) is 9.47. The molecule has 67 heavy (non-hydrogen) atoms. The second kappa shape index (κ2) is 18.2. The van der Waals surface area contributed by atoms with Gasteiger partial charge in [0.05, 0.1) is 61.5 Å². The van der Waals surface area contributed by atoms with Crippen LogP contribution in [0.25, 0.3) is 11.3 Å². The second-order valence-electron chi connectivity index (χ2n) is 18.1. The predicted octanol–water partition coefficient (Wildman–Crippen LogP) is 9.78. The van der Waals surface area contributed by atoms with Gasteiger partial charge >= 0.3 is 12.3 Å². The predicted molar refractivity (Wildman–Crippen MR) is 240 cm³/mol. The van der Waals surface area contributed by atoms with Gasteiger partial charge in [-0.3, -0.25) is 14.4 Å². The van der Waals surface area contributed by atoms with Gasteiger partial charge in [-0.05, 0) is 107 Å². The van der Waals surface area contributed by atoms with Crippen molar-refractivity contribution in [2.75, 3.05) is 31.0 Å². The molecule has 1 N–H and O–H groups in total. The molecular weight excluding hydrogens is 878 g/mol. The van der Waals surface area contributed by atoms with Gasteiger partial charge in [-0.2, -0.15) is 18.3 Å². The number of nitrogens with zero attached hydrogens (tertiary/aromatic N) is 6. The number of nitrogens with one attached hydrogen (secondary N) is 1. The number of benzene rings is 3. The summed E-state index contributed by atoms with van der Waals surface area (Å²) in [7, 11) is 3.03. The molecular formula is C49H54F5N7O6. The van der Waals surface area contributed by atoms with Crippen molar-refractivity contribution in [1.82, 2.24) is 24.6 Å². The SMILES string of the molecule is CCn1ccc(CNc2c(F)c(-c3cc(N(Cc4ccc(OC)cc4)Cc4ccc(OC)cc4)c(F)c(C)c3C(F)(F)F)nc3c2C(=O)N2C[C@H]4CC[C@@H]([C@H]2[C@H](C)O3)N4C(=O)OC(C)(C)C)n1. The van der Waals surface area contributed by atoms with Crippen LogP contribution in [0, 0.1) is 18.6 Å². The topological polar surface area (TPSA) is 124 Å². The van der Waals surface area contributed by atoms with E-state index in [1.165, 1.54) is 14.2 Å². The molecule has 3 aliphatic heterocycles. The number of hydrogen-bond donors (Lipinski definition) is 1. The molecule has 5 aromatic rings. The van der Waals surface area contributed by atoms with E-state index in [9.17, 15) is 4.79 Å². The maximum absolute atomic E-state index is 17.9. The summed E-state index contributed by atoms with van der Waals surface area (Å²) in [6.07, 6.45) is -3.84. The average molecular weight is 932 g/mol. The van der Waals surface area contributed by atoms with E-state index in [4.69, 9.17) is 18.9 Å². The molecule has 8 rings (SSSR count). The monoisotopic (exact) mass is 931 g/mol. The largest absolute Gasteiger partial charge is 0.497 e. The quantitative estimate of drug-likeness (QED) is 0.121. The molecule has 2 bridgehead atoms. The minimum atomic E-state index is -5.20. The highest BCUT2D eigenvalue weighted by Gasteiger charge is 2.55. The fraction of sp³-hybridized carbons (Fsp3) is 0.429. The Morgan fingerprint density at radius 1 is 0.940 bits per heavy atom. The lowest BCUT2D eigenvalue weighted by Gasteiger charge is -2.47. The van der Waals surface area contributed by atoms with Crippen molar-refractivity contribution in [3.8, 4) is 28.6 Å². The summed E-state index contributed by atoms with van der Waals surface area (Å²) in [5, 5.41) is 7.46. The summed E-state index contributed by atoms with van der Waals surface area (Å²) in [5.41, 5.74) is -3.86. The molecule has 356 valence electrons. The summed E-state index contributed by atoms with van der Waals surface area (Å²) in [6, 6.07) is 14.8. The van der Waals surface area contributed by atoms with Crippen LogP contribution in [0.15, 0.2) is 66.9 Å². The van der Waals surface area contributed by atoms with Crippen molar-refractivity contribution in [1.29, 1.82) is 0 Å². The van der Waals surface area contributed by atoms with Crippen LogP contribution in [0.1, 0.15) is 85.8 Å². The highest BCUT2D eigenvalue weighted by molar-refractivity contribution is 6.03. The van der Waals surface area contributed by atoms with Crippen LogP contribution in [0.5, 0.6) is 17.4 Å². The number of methoxy groups -OCH3 is 2. The smallest absolute Gasteiger partial charge is 0.417 e. The molecule has 13 nitrogen and oxygen atoms in total. The van der Waals surface area contributed by atoms with Crippen molar-refractivity contribution >= 4 is 23.4 Å². The van der Waals surface area contributed by atoms with E-state index in [-0.39, 0.29) is 37.4 Å². The molecule has 0 aliphatic carbocycles. The number of carbonyl (C=O) groups excluding carboxylic acids is 2. The molecule has 3 aromatic carbocycles. The Morgan fingerprint density at radius 3 is 2.12 bits per heavy atom. The van der Waals surface area contributed by atoms with E-state index in [1.807, 2.05) is 6.92 Å². The minimum Gasteiger partial charge on any atom is -0.497 e. The Hall–Kier alpha value is -6.59. The molecule has 0 saturated carbocycles. The van der Waals surface area contributed by atoms with Gasteiger partial charge in [-0.25, -0.2) is 18.6 Å². The highest BCUT2D eigenvalue weighted by Crippen LogP contribution is 2.48. The lowest BCUT2D eigenvalue weighted by molar-refractivity contribution is -0.137. The average Bonchev–Trinajstić information content (AvgIpc) is 3.85. The van der Waals surface area contributed by atoms with Gasteiger partial charge in [0, 0.05) is 37.9 Å². The van der Waals surface area contributed by atoms with E-state index < -0.39 is 93.6 Å². The first-order valence-corrected chi connectivity index (χ1v) is 22.2. The van der Waals surface area contributed by atoms with Crippen molar-refractivity contribution in [3.05, 3.63) is 112 Å². The second-order valence-corrected chi connectivity index (χ2v) is 18.1. The fourth-order valence-corrected chi connectivity index (χ4v) is 9.47. The van der Waals surface area contributed by atoms with Gasteiger partial charge < -0.3 is 34.1 Å². The molecule has 3 aliphatic rings. The maximum Gasteiger partial charge on any atom is 0.417 e. The van der Waals surface area contributed by atoms with Gasteiger partial charge in [0.15, 0.2) is 5.82 Å². The van der Waals surface area contributed by atoms with Gasteiger partial charge in [-0.15, -0.1) is 0 Å². The minimum absolute atomic E-state index is 0.0172. The molecule has 4 atom stereocenters. The number of pyridine rings is 1. The van der Waals surface area contributed by atoms with Crippen LogP contribution in [0.2, 0.25) is 0 Å². The number of aryl methyl sites for hydroxylation is 1. The Bertz CT molecular complexity index is 2600. The Balaban J connectivity index is 1.30. The van der Waals surface area contributed by atoms with Crippen LogP contribution in [-0.2, 0) is 37.1 Å². The lowest BCUT2D eigenvalue weighted by atomic mass is 9.94. The van der Waals surface area contributed by atoms with Crippen LogP contribution < -0.4 is 24.4 Å².